The summed E-state index contributed by atoms with van der Waals surface area (Å²) >= 11 is 1.67. The van der Waals surface area contributed by atoms with Gasteiger partial charge in [0.15, 0.2) is 5.82 Å². The molecule has 1 aliphatic carbocycles. The second-order valence-corrected chi connectivity index (χ2v) is 7.98. The number of nitrogens with one attached hydrogen (secondary N) is 1. The number of thiophene rings is 1. The molecule has 0 bridgehead atoms. The molecule has 3 aromatic rings. The number of anilines is 1. The van der Waals surface area contributed by atoms with Crippen LogP contribution in [0.3, 0.4) is 0 Å². The Kier molecular flexibility index (Phi) is 3.51. The van der Waals surface area contributed by atoms with Gasteiger partial charge in [-0.3, -0.25) is 14.9 Å². The highest BCUT2D eigenvalue weighted by Crippen LogP contribution is 2.54. The average Bonchev–Trinajstić information content (AvgIpc) is 3.24. The van der Waals surface area contributed by atoms with E-state index in [4.69, 9.17) is 0 Å². The van der Waals surface area contributed by atoms with Gasteiger partial charge in [0.1, 0.15) is 6.54 Å². The number of amides is 2. The molecule has 0 radical (unpaired) electrons. The fourth-order valence-corrected chi connectivity index (χ4v) is 4.68. The van der Waals surface area contributed by atoms with Crippen LogP contribution in [0.5, 0.6) is 0 Å². The van der Waals surface area contributed by atoms with Crippen LogP contribution >= 0.6 is 11.3 Å². The van der Waals surface area contributed by atoms with Crippen molar-refractivity contribution in [3.63, 3.8) is 0 Å². The van der Waals surface area contributed by atoms with Crippen molar-refractivity contribution in [3.8, 4) is 0 Å². The van der Waals surface area contributed by atoms with Crippen molar-refractivity contribution in [3.05, 3.63) is 52.9 Å². The van der Waals surface area contributed by atoms with Crippen LogP contribution in [-0.4, -0.2) is 39.8 Å². The van der Waals surface area contributed by atoms with Gasteiger partial charge >= 0.3 is 0 Å². The summed E-state index contributed by atoms with van der Waals surface area (Å²) in [5.74, 6) is -1.09. The molecule has 5 rings (SSSR count). The van der Waals surface area contributed by atoms with Gasteiger partial charge in [-0.2, -0.15) is 0 Å². The lowest BCUT2D eigenvalue weighted by Crippen LogP contribution is -2.46. The molecule has 0 unspecified atom stereocenters. The summed E-state index contributed by atoms with van der Waals surface area (Å²) in [6.07, 6.45) is 4.00. The van der Waals surface area contributed by atoms with E-state index in [-0.39, 0.29) is 23.8 Å². The zero-order valence-corrected chi connectivity index (χ0v) is 15.1. The van der Waals surface area contributed by atoms with E-state index in [9.17, 15) is 14.0 Å². The molecule has 6 nitrogen and oxygen atoms in total. The number of fused-ring (bicyclic) bond motifs is 4. The molecule has 1 fully saturated rings. The molecule has 0 atom stereocenters. The first kappa shape index (κ1) is 16.3. The topological polar surface area (TPSA) is 75.2 Å². The molecule has 136 valence electrons. The molecule has 2 aliphatic rings. The van der Waals surface area contributed by atoms with Gasteiger partial charge in [-0.15, -0.1) is 11.3 Å². The van der Waals surface area contributed by atoms with Gasteiger partial charge < -0.3 is 4.90 Å². The Labute approximate surface area is 158 Å². The Bertz CT molecular complexity index is 1080. The summed E-state index contributed by atoms with van der Waals surface area (Å²) in [7, 11) is 0. The van der Waals surface area contributed by atoms with Gasteiger partial charge in [-0.05, 0) is 47.4 Å². The second kappa shape index (κ2) is 5.82. The standard InChI is InChI=1S/C19H15FN4O2S/c20-11-7-21-18(22-8-11)23-15(25)9-24-10-19(4-5-19)16-12-3-6-27-14(12)2-1-13(16)17(24)26/h1-3,6-8H,4-5,9-10H2,(H,21,22,23,25). The maximum atomic E-state index is 13.0. The van der Waals surface area contributed by atoms with Crippen LogP contribution < -0.4 is 5.32 Å². The first-order valence-electron chi connectivity index (χ1n) is 8.63. The van der Waals surface area contributed by atoms with Crippen LogP contribution in [-0.2, 0) is 10.2 Å². The van der Waals surface area contributed by atoms with E-state index in [1.807, 2.05) is 17.5 Å². The molecule has 1 aliphatic heterocycles. The molecule has 1 aromatic carbocycles. The summed E-state index contributed by atoms with van der Waals surface area (Å²) in [4.78, 5) is 34.4. The minimum Gasteiger partial charge on any atom is -0.328 e. The van der Waals surface area contributed by atoms with Crippen molar-refractivity contribution in [1.82, 2.24) is 14.9 Å². The predicted molar refractivity (Wildman–Crippen MR) is 99.3 cm³/mol. The number of hydrogen-bond acceptors (Lipinski definition) is 5. The number of rotatable bonds is 3. The second-order valence-electron chi connectivity index (χ2n) is 7.04. The van der Waals surface area contributed by atoms with Crippen molar-refractivity contribution in [2.45, 2.75) is 18.3 Å². The summed E-state index contributed by atoms with van der Waals surface area (Å²) < 4.78 is 14.1. The lowest BCUT2D eigenvalue weighted by Gasteiger charge is -2.34. The molecule has 1 N–H and O–H groups in total. The van der Waals surface area contributed by atoms with Crippen molar-refractivity contribution < 1.29 is 14.0 Å². The van der Waals surface area contributed by atoms with Crippen molar-refractivity contribution >= 4 is 39.2 Å². The van der Waals surface area contributed by atoms with Crippen molar-refractivity contribution in [2.24, 2.45) is 0 Å². The smallest absolute Gasteiger partial charge is 0.254 e. The molecular weight excluding hydrogens is 367 g/mol. The number of aromatic nitrogens is 2. The third-order valence-electron chi connectivity index (χ3n) is 5.24. The van der Waals surface area contributed by atoms with Crippen molar-refractivity contribution in [1.29, 1.82) is 0 Å². The summed E-state index contributed by atoms with van der Waals surface area (Å²) in [5.41, 5.74) is 1.79. The molecule has 1 spiro atoms. The van der Waals surface area contributed by atoms with Gasteiger partial charge in [0.05, 0.1) is 12.4 Å². The maximum Gasteiger partial charge on any atom is 0.254 e. The highest BCUT2D eigenvalue weighted by Gasteiger charge is 2.52. The van der Waals surface area contributed by atoms with E-state index in [0.29, 0.717) is 12.1 Å². The third-order valence-corrected chi connectivity index (χ3v) is 6.12. The lowest BCUT2D eigenvalue weighted by molar-refractivity contribution is -0.117. The Balaban J connectivity index is 1.41. The Hall–Kier alpha value is -2.87. The Morgan fingerprint density at radius 1 is 1.26 bits per heavy atom. The van der Waals surface area contributed by atoms with Crippen LogP contribution in [0.2, 0.25) is 0 Å². The lowest BCUT2D eigenvalue weighted by atomic mass is 9.84. The number of benzene rings is 1. The van der Waals surface area contributed by atoms with E-state index in [1.54, 1.807) is 16.2 Å². The number of hydrogen-bond donors (Lipinski definition) is 1. The maximum absolute atomic E-state index is 13.0. The van der Waals surface area contributed by atoms with Crippen molar-refractivity contribution in [2.75, 3.05) is 18.4 Å². The quantitative estimate of drug-likeness (QED) is 0.756. The van der Waals surface area contributed by atoms with E-state index in [0.717, 1.165) is 36.2 Å². The summed E-state index contributed by atoms with van der Waals surface area (Å²) in [5, 5.41) is 5.72. The van der Waals surface area contributed by atoms with Crippen LogP contribution in [0, 0.1) is 5.82 Å². The average molecular weight is 382 g/mol. The SMILES string of the molecule is O=C(CN1CC2(CC2)c2c(ccc3sccc23)C1=O)Nc1ncc(F)cn1. The molecule has 3 heterocycles. The normalized spacial score (nSPS) is 17.2. The fraction of sp³-hybridized carbons (Fsp3) is 0.263. The number of nitrogens with zero attached hydrogens (tertiary/aromatic N) is 3. The van der Waals surface area contributed by atoms with Gasteiger partial charge in [0.2, 0.25) is 11.9 Å². The highest BCUT2D eigenvalue weighted by molar-refractivity contribution is 7.17. The number of halogens is 1. The van der Waals surface area contributed by atoms with Crippen LogP contribution in [0.25, 0.3) is 10.1 Å². The minimum absolute atomic E-state index is 0.0207. The number of carbonyl (C=O) groups excluding carboxylic acids is 2. The molecule has 1 saturated carbocycles. The monoisotopic (exact) mass is 382 g/mol. The molecule has 2 aromatic heterocycles. The molecular formula is C19H15FN4O2S. The van der Waals surface area contributed by atoms with Crippen LogP contribution in [0.4, 0.5) is 10.3 Å². The molecule has 8 heteroatoms. The third kappa shape index (κ3) is 2.68. The highest BCUT2D eigenvalue weighted by atomic mass is 32.1. The van der Waals surface area contributed by atoms with Gasteiger partial charge in [-0.1, -0.05) is 0 Å². The van der Waals surface area contributed by atoms with E-state index < -0.39 is 11.7 Å². The summed E-state index contributed by atoms with van der Waals surface area (Å²) in [6.45, 7) is 0.452. The minimum atomic E-state index is -0.578. The first-order valence-corrected chi connectivity index (χ1v) is 9.51. The zero-order chi connectivity index (χ0) is 18.6. The number of carbonyl (C=O) groups is 2. The Morgan fingerprint density at radius 3 is 2.78 bits per heavy atom. The molecule has 0 saturated heterocycles. The van der Waals surface area contributed by atoms with E-state index in [2.05, 4.69) is 21.4 Å². The van der Waals surface area contributed by atoms with E-state index in [1.165, 1.54) is 4.70 Å². The van der Waals surface area contributed by atoms with Gasteiger partial charge in [-0.25, -0.2) is 14.4 Å². The van der Waals surface area contributed by atoms with Crippen LogP contribution in [0.15, 0.2) is 36.0 Å². The van der Waals surface area contributed by atoms with Crippen LogP contribution in [0.1, 0.15) is 28.8 Å². The largest absolute Gasteiger partial charge is 0.328 e. The predicted octanol–water partition coefficient (Wildman–Crippen LogP) is 2.96. The summed E-state index contributed by atoms with van der Waals surface area (Å²) in [6, 6.07) is 5.94. The van der Waals surface area contributed by atoms with E-state index >= 15 is 0 Å². The zero-order valence-electron chi connectivity index (χ0n) is 14.2. The Morgan fingerprint density at radius 2 is 2.04 bits per heavy atom. The van der Waals surface area contributed by atoms with Gasteiger partial charge in [0, 0.05) is 22.2 Å². The molecule has 27 heavy (non-hydrogen) atoms. The van der Waals surface area contributed by atoms with Gasteiger partial charge in [0.25, 0.3) is 5.91 Å². The molecule has 2 amide bonds. The fourth-order valence-electron chi connectivity index (χ4n) is 3.88. The first-order chi connectivity index (χ1) is 13.1.